The lowest BCUT2D eigenvalue weighted by atomic mass is 10.2. The standard InChI is InChI=1S/C17H21N3O2/c1-4-5-17(21)20-16-9-7-13(11-18-16)19-14-10-12(2)6-8-15(14)22-3/h6-11,19H,4-5H2,1-3H3,(H,18,20,21). The molecule has 116 valence electrons. The molecule has 0 spiro atoms. The van der Waals surface area contributed by atoms with E-state index < -0.39 is 0 Å². The van der Waals surface area contributed by atoms with Crippen LogP contribution in [-0.2, 0) is 4.79 Å². The van der Waals surface area contributed by atoms with Crippen LogP contribution in [0, 0.1) is 6.92 Å². The summed E-state index contributed by atoms with van der Waals surface area (Å²) >= 11 is 0. The number of anilines is 3. The van der Waals surface area contributed by atoms with Gasteiger partial charge in [0.05, 0.1) is 24.7 Å². The van der Waals surface area contributed by atoms with Gasteiger partial charge in [-0.25, -0.2) is 4.98 Å². The molecule has 0 saturated carbocycles. The van der Waals surface area contributed by atoms with Gasteiger partial charge in [0.15, 0.2) is 0 Å². The average molecular weight is 299 g/mol. The summed E-state index contributed by atoms with van der Waals surface area (Å²) in [6.45, 7) is 3.99. The van der Waals surface area contributed by atoms with E-state index in [0.717, 1.165) is 29.1 Å². The van der Waals surface area contributed by atoms with Crippen LogP contribution in [0.15, 0.2) is 36.5 Å². The number of carbonyl (C=O) groups excluding carboxylic acids is 1. The Morgan fingerprint density at radius 2 is 2.09 bits per heavy atom. The molecular weight excluding hydrogens is 278 g/mol. The van der Waals surface area contributed by atoms with E-state index in [4.69, 9.17) is 4.74 Å². The van der Waals surface area contributed by atoms with Crippen molar-refractivity contribution in [1.82, 2.24) is 4.98 Å². The molecule has 0 fully saturated rings. The van der Waals surface area contributed by atoms with Crippen LogP contribution in [0.5, 0.6) is 5.75 Å². The maximum atomic E-state index is 11.5. The highest BCUT2D eigenvalue weighted by Crippen LogP contribution is 2.28. The first kappa shape index (κ1) is 15.8. The maximum absolute atomic E-state index is 11.5. The molecule has 0 bridgehead atoms. The lowest BCUT2D eigenvalue weighted by molar-refractivity contribution is -0.116. The Hall–Kier alpha value is -2.56. The fraction of sp³-hybridized carbons (Fsp3) is 0.294. The number of amides is 1. The van der Waals surface area contributed by atoms with Gasteiger partial charge in [-0.15, -0.1) is 0 Å². The van der Waals surface area contributed by atoms with Crippen molar-refractivity contribution in [3.05, 3.63) is 42.1 Å². The van der Waals surface area contributed by atoms with Crippen LogP contribution in [0.1, 0.15) is 25.3 Å². The number of aryl methyl sites for hydroxylation is 1. The Balaban J connectivity index is 2.08. The van der Waals surface area contributed by atoms with E-state index in [1.807, 2.05) is 38.1 Å². The number of pyridine rings is 1. The van der Waals surface area contributed by atoms with Crippen molar-refractivity contribution < 1.29 is 9.53 Å². The minimum atomic E-state index is -0.0175. The summed E-state index contributed by atoms with van der Waals surface area (Å²) < 4.78 is 5.34. The number of ether oxygens (including phenoxy) is 1. The Bertz CT molecular complexity index is 639. The van der Waals surface area contributed by atoms with Gasteiger partial charge in [0.2, 0.25) is 5.91 Å². The zero-order valence-electron chi connectivity index (χ0n) is 13.1. The van der Waals surface area contributed by atoms with Gasteiger partial charge in [-0.2, -0.15) is 0 Å². The monoisotopic (exact) mass is 299 g/mol. The van der Waals surface area contributed by atoms with Crippen LogP contribution < -0.4 is 15.4 Å². The minimum absolute atomic E-state index is 0.0175. The van der Waals surface area contributed by atoms with E-state index in [1.165, 1.54) is 0 Å². The molecular formula is C17H21N3O2. The summed E-state index contributed by atoms with van der Waals surface area (Å²) in [5.74, 6) is 1.31. The van der Waals surface area contributed by atoms with E-state index in [-0.39, 0.29) is 5.91 Å². The number of benzene rings is 1. The van der Waals surface area contributed by atoms with Gasteiger partial charge in [-0.1, -0.05) is 13.0 Å². The Morgan fingerprint density at radius 3 is 2.73 bits per heavy atom. The zero-order valence-corrected chi connectivity index (χ0v) is 13.1. The van der Waals surface area contributed by atoms with Gasteiger partial charge in [0, 0.05) is 6.42 Å². The number of aromatic nitrogens is 1. The first-order valence-corrected chi connectivity index (χ1v) is 7.30. The summed E-state index contributed by atoms with van der Waals surface area (Å²) in [5.41, 5.74) is 2.85. The van der Waals surface area contributed by atoms with E-state index in [9.17, 15) is 4.79 Å². The fourth-order valence-electron chi connectivity index (χ4n) is 2.05. The molecule has 2 rings (SSSR count). The van der Waals surface area contributed by atoms with Gasteiger partial charge in [0.1, 0.15) is 11.6 Å². The second kappa shape index (κ2) is 7.45. The molecule has 0 aliphatic carbocycles. The topological polar surface area (TPSA) is 63.2 Å². The predicted molar refractivity (Wildman–Crippen MR) is 88.8 cm³/mol. The number of nitrogens with zero attached hydrogens (tertiary/aromatic N) is 1. The van der Waals surface area contributed by atoms with Crippen LogP contribution in [0.25, 0.3) is 0 Å². The first-order chi connectivity index (χ1) is 10.6. The third-order valence-electron chi connectivity index (χ3n) is 3.14. The molecule has 0 aliphatic heterocycles. The average Bonchev–Trinajstić information content (AvgIpc) is 2.50. The van der Waals surface area contributed by atoms with Gasteiger partial charge < -0.3 is 15.4 Å². The van der Waals surface area contributed by atoms with Crippen molar-refractivity contribution in [1.29, 1.82) is 0 Å². The highest BCUT2D eigenvalue weighted by atomic mass is 16.5. The Labute approximate surface area is 130 Å². The summed E-state index contributed by atoms with van der Waals surface area (Å²) in [6, 6.07) is 9.57. The van der Waals surface area contributed by atoms with Crippen LogP contribution in [0.4, 0.5) is 17.2 Å². The highest BCUT2D eigenvalue weighted by Gasteiger charge is 2.05. The molecule has 5 nitrogen and oxygen atoms in total. The molecule has 22 heavy (non-hydrogen) atoms. The highest BCUT2D eigenvalue weighted by molar-refractivity contribution is 5.89. The van der Waals surface area contributed by atoms with Crippen molar-refractivity contribution in [2.75, 3.05) is 17.7 Å². The summed E-state index contributed by atoms with van der Waals surface area (Å²) in [4.78, 5) is 15.8. The number of nitrogens with one attached hydrogen (secondary N) is 2. The Morgan fingerprint density at radius 1 is 1.27 bits per heavy atom. The molecule has 2 aromatic rings. The molecule has 0 aliphatic rings. The van der Waals surface area contributed by atoms with Crippen molar-refractivity contribution in [3.63, 3.8) is 0 Å². The van der Waals surface area contributed by atoms with Crippen LogP contribution in [-0.4, -0.2) is 18.0 Å². The fourth-order valence-corrected chi connectivity index (χ4v) is 2.05. The minimum Gasteiger partial charge on any atom is -0.495 e. The molecule has 0 saturated heterocycles. The Kier molecular flexibility index (Phi) is 5.36. The van der Waals surface area contributed by atoms with E-state index in [2.05, 4.69) is 15.6 Å². The number of methoxy groups -OCH3 is 1. The van der Waals surface area contributed by atoms with Crippen LogP contribution in [0.3, 0.4) is 0 Å². The predicted octanol–water partition coefficient (Wildman–Crippen LogP) is 3.88. The molecule has 0 atom stereocenters. The van der Waals surface area contributed by atoms with E-state index in [1.54, 1.807) is 19.4 Å². The lowest BCUT2D eigenvalue weighted by Crippen LogP contribution is -2.11. The van der Waals surface area contributed by atoms with E-state index >= 15 is 0 Å². The second-order valence-corrected chi connectivity index (χ2v) is 5.06. The molecule has 1 aromatic carbocycles. The zero-order chi connectivity index (χ0) is 15.9. The largest absolute Gasteiger partial charge is 0.495 e. The molecule has 2 N–H and O–H groups in total. The molecule has 1 aromatic heterocycles. The SMILES string of the molecule is CCCC(=O)Nc1ccc(Nc2cc(C)ccc2OC)cn1. The molecule has 1 amide bonds. The normalized spacial score (nSPS) is 10.1. The van der Waals surface area contributed by atoms with Crippen LogP contribution >= 0.6 is 0 Å². The summed E-state index contributed by atoms with van der Waals surface area (Å²) in [7, 11) is 1.64. The summed E-state index contributed by atoms with van der Waals surface area (Å²) in [6.07, 6.45) is 3.00. The quantitative estimate of drug-likeness (QED) is 0.849. The molecule has 0 radical (unpaired) electrons. The third-order valence-corrected chi connectivity index (χ3v) is 3.14. The van der Waals surface area contributed by atoms with Gasteiger partial charge in [-0.05, 0) is 43.2 Å². The molecule has 0 unspecified atom stereocenters. The number of carbonyl (C=O) groups is 1. The lowest BCUT2D eigenvalue weighted by Gasteiger charge is -2.12. The van der Waals surface area contributed by atoms with Crippen molar-refractivity contribution in [2.45, 2.75) is 26.7 Å². The third kappa shape index (κ3) is 4.22. The van der Waals surface area contributed by atoms with Gasteiger partial charge in [-0.3, -0.25) is 4.79 Å². The number of hydrogen-bond donors (Lipinski definition) is 2. The second-order valence-electron chi connectivity index (χ2n) is 5.06. The maximum Gasteiger partial charge on any atom is 0.225 e. The number of rotatable bonds is 6. The first-order valence-electron chi connectivity index (χ1n) is 7.30. The molecule has 1 heterocycles. The number of hydrogen-bond acceptors (Lipinski definition) is 4. The van der Waals surface area contributed by atoms with Crippen molar-refractivity contribution in [2.24, 2.45) is 0 Å². The van der Waals surface area contributed by atoms with Crippen LogP contribution in [0.2, 0.25) is 0 Å². The van der Waals surface area contributed by atoms with Gasteiger partial charge in [0.25, 0.3) is 0 Å². The van der Waals surface area contributed by atoms with E-state index in [0.29, 0.717) is 12.2 Å². The van der Waals surface area contributed by atoms with Crippen molar-refractivity contribution in [3.8, 4) is 5.75 Å². The van der Waals surface area contributed by atoms with Crippen molar-refractivity contribution >= 4 is 23.1 Å². The summed E-state index contributed by atoms with van der Waals surface area (Å²) in [5, 5.41) is 6.03. The van der Waals surface area contributed by atoms with Gasteiger partial charge >= 0.3 is 0 Å². The molecule has 5 heteroatoms. The smallest absolute Gasteiger partial charge is 0.225 e.